The number of rotatable bonds is 8. The second-order valence-electron chi connectivity index (χ2n) is 5.30. The van der Waals surface area contributed by atoms with Crippen LogP contribution in [0.1, 0.15) is 45.1 Å². The first-order valence-corrected chi connectivity index (χ1v) is 7.65. The van der Waals surface area contributed by atoms with Crippen LogP contribution in [0, 0.1) is 0 Å². The number of H-pyrrole nitrogens is 1. The molecule has 1 aromatic heterocycles. The van der Waals surface area contributed by atoms with Gasteiger partial charge in [-0.3, -0.25) is 5.10 Å². The van der Waals surface area contributed by atoms with Crippen LogP contribution in [0.5, 0.6) is 0 Å². The molecule has 0 spiro atoms. The summed E-state index contributed by atoms with van der Waals surface area (Å²) in [6.07, 6.45) is 6.84. The molecule has 1 unspecified atom stereocenters. The number of aromatic nitrogens is 2. The van der Waals surface area contributed by atoms with Gasteiger partial charge in [0.05, 0.1) is 5.69 Å². The Hall–Kier alpha value is -1.61. The van der Waals surface area contributed by atoms with Crippen LogP contribution in [0.2, 0.25) is 0 Å². The van der Waals surface area contributed by atoms with E-state index in [1.165, 1.54) is 36.8 Å². The van der Waals surface area contributed by atoms with Gasteiger partial charge in [0.25, 0.3) is 0 Å². The zero-order valence-electron chi connectivity index (χ0n) is 12.5. The highest BCUT2D eigenvalue weighted by Gasteiger charge is 2.05. The van der Waals surface area contributed by atoms with E-state index in [0.717, 1.165) is 12.2 Å². The van der Waals surface area contributed by atoms with Crippen LogP contribution in [0.25, 0.3) is 11.3 Å². The van der Waals surface area contributed by atoms with Gasteiger partial charge in [-0.15, -0.1) is 0 Å². The second kappa shape index (κ2) is 7.85. The summed E-state index contributed by atoms with van der Waals surface area (Å²) in [4.78, 5) is 0. The molecule has 0 radical (unpaired) electrons. The van der Waals surface area contributed by atoms with Crippen molar-refractivity contribution < 1.29 is 0 Å². The van der Waals surface area contributed by atoms with Crippen LogP contribution < -0.4 is 5.32 Å². The maximum absolute atomic E-state index is 3.98. The molecule has 2 N–H and O–H groups in total. The fourth-order valence-corrected chi connectivity index (χ4v) is 2.38. The van der Waals surface area contributed by atoms with Crippen LogP contribution in [-0.4, -0.2) is 16.2 Å². The number of aromatic amines is 1. The number of benzene rings is 1. The van der Waals surface area contributed by atoms with E-state index in [1.54, 1.807) is 6.20 Å². The lowest BCUT2D eigenvalue weighted by Gasteiger charge is -2.16. The zero-order chi connectivity index (χ0) is 14.2. The Morgan fingerprint density at radius 3 is 2.55 bits per heavy atom. The molecule has 0 aliphatic carbocycles. The Morgan fingerprint density at radius 2 is 1.95 bits per heavy atom. The van der Waals surface area contributed by atoms with Crippen molar-refractivity contribution in [2.75, 3.05) is 0 Å². The molecule has 3 heteroatoms. The molecule has 2 rings (SSSR count). The summed E-state index contributed by atoms with van der Waals surface area (Å²) < 4.78 is 0. The number of nitrogens with one attached hydrogen (secondary N) is 2. The van der Waals surface area contributed by atoms with Crippen LogP contribution in [0.3, 0.4) is 0 Å². The van der Waals surface area contributed by atoms with Crippen LogP contribution >= 0.6 is 0 Å². The molecule has 0 fully saturated rings. The Balaban J connectivity index is 1.87. The topological polar surface area (TPSA) is 40.7 Å². The minimum absolute atomic E-state index is 0.641. The molecule has 0 bridgehead atoms. The number of hydrogen-bond acceptors (Lipinski definition) is 2. The second-order valence-corrected chi connectivity index (χ2v) is 5.30. The molecule has 3 nitrogen and oxygen atoms in total. The molecule has 0 saturated carbocycles. The molecule has 20 heavy (non-hydrogen) atoms. The summed E-state index contributed by atoms with van der Waals surface area (Å²) in [5.74, 6) is 0. The van der Waals surface area contributed by atoms with E-state index in [4.69, 9.17) is 0 Å². The molecular formula is C17H25N3. The van der Waals surface area contributed by atoms with Crippen LogP contribution in [0.4, 0.5) is 0 Å². The molecule has 0 aliphatic rings. The summed E-state index contributed by atoms with van der Waals surface area (Å²) in [7, 11) is 0. The van der Waals surface area contributed by atoms with Gasteiger partial charge in [-0.2, -0.15) is 5.10 Å². The predicted octanol–water partition coefficient (Wildman–Crippen LogP) is 4.14. The monoisotopic (exact) mass is 271 g/mol. The largest absolute Gasteiger partial charge is 0.310 e. The van der Waals surface area contributed by atoms with Crippen molar-refractivity contribution >= 4 is 0 Å². The van der Waals surface area contributed by atoms with E-state index in [-0.39, 0.29) is 0 Å². The summed E-state index contributed by atoms with van der Waals surface area (Å²) in [6, 6.07) is 11.3. The normalized spacial score (nSPS) is 12.5. The van der Waals surface area contributed by atoms with Crippen molar-refractivity contribution in [3.63, 3.8) is 0 Å². The third kappa shape index (κ3) is 4.20. The first-order chi connectivity index (χ1) is 9.83. The Labute approximate surface area is 121 Å². The molecule has 0 saturated heterocycles. The summed E-state index contributed by atoms with van der Waals surface area (Å²) in [5.41, 5.74) is 3.59. The van der Waals surface area contributed by atoms with Crippen molar-refractivity contribution in [2.45, 2.75) is 52.1 Å². The lowest BCUT2D eigenvalue weighted by Crippen LogP contribution is -2.27. The smallest absolute Gasteiger partial charge is 0.0650 e. The highest BCUT2D eigenvalue weighted by Crippen LogP contribution is 2.16. The van der Waals surface area contributed by atoms with E-state index < -0.39 is 0 Å². The van der Waals surface area contributed by atoms with Crippen molar-refractivity contribution in [3.8, 4) is 11.3 Å². The minimum Gasteiger partial charge on any atom is -0.310 e. The summed E-state index contributed by atoms with van der Waals surface area (Å²) in [6.45, 7) is 5.46. The molecule has 0 amide bonds. The molecule has 0 aliphatic heterocycles. The Morgan fingerprint density at radius 1 is 1.15 bits per heavy atom. The maximum atomic E-state index is 3.98. The minimum atomic E-state index is 0.641. The van der Waals surface area contributed by atoms with Gasteiger partial charge in [-0.25, -0.2) is 0 Å². The predicted molar refractivity (Wildman–Crippen MR) is 84.5 cm³/mol. The zero-order valence-corrected chi connectivity index (χ0v) is 12.5. The number of hydrogen-bond donors (Lipinski definition) is 2. The number of nitrogens with zero attached hydrogens (tertiary/aromatic N) is 1. The average molecular weight is 271 g/mol. The summed E-state index contributed by atoms with van der Waals surface area (Å²) in [5, 5.41) is 10.6. The first-order valence-electron chi connectivity index (χ1n) is 7.65. The third-order valence-corrected chi connectivity index (χ3v) is 3.76. The fraction of sp³-hybridized carbons (Fsp3) is 0.471. The van der Waals surface area contributed by atoms with Gasteiger partial charge in [0.15, 0.2) is 0 Å². The molecule has 1 heterocycles. The van der Waals surface area contributed by atoms with Crippen molar-refractivity contribution in [2.24, 2.45) is 0 Å². The highest BCUT2D eigenvalue weighted by atomic mass is 15.1. The maximum Gasteiger partial charge on any atom is 0.0650 e. The standard InChI is InChI=1S/C17H25N3/c1-3-5-6-16(4-2)18-13-14-7-9-15(10-8-14)17-11-12-19-20-17/h7-12,16,18H,3-6,13H2,1-2H3,(H,19,20). The van der Waals surface area contributed by atoms with Gasteiger partial charge >= 0.3 is 0 Å². The van der Waals surface area contributed by atoms with E-state index in [1.807, 2.05) is 6.07 Å². The number of unbranched alkanes of at least 4 members (excludes halogenated alkanes) is 1. The van der Waals surface area contributed by atoms with E-state index in [2.05, 4.69) is 53.6 Å². The van der Waals surface area contributed by atoms with E-state index in [9.17, 15) is 0 Å². The molecule has 1 aromatic carbocycles. The molecule has 108 valence electrons. The van der Waals surface area contributed by atoms with Crippen LogP contribution in [-0.2, 0) is 6.54 Å². The summed E-state index contributed by atoms with van der Waals surface area (Å²) >= 11 is 0. The molecule has 1 atom stereocenters. The van der Waals surface area contributed by atoms with Crippen molar-refractivity contribution in [3.05, 3.63) is 42.1 Å². The lowest BCUT2D eigenvalue weighted by molar-refractivity contribution is 0.452. The van der Waals surface area contributed by atoms with Crippen LogP contribution in [0.15, 0.2) is 36.5 Å². The fourth-order valence-electron chi connectivity index (χ4n) is 2.38. The SMILES string of the molecule is CCCCC(CC)NCc1ccc(-c2ccn[nH]2)cc1. The van der Waals surface area contributed by atoms with Gasteiger partial charge in [0.1, 0.15) is 0 Å². The first kappa shape index (κ1) is 14.8. The van der Waals surface area contributed by atoms with E-state index >= 15 is 0 Å². The van der Waals surface area contributed by atoms with Crippen molar-refractivity contribution in [1.82, 2.24) is 15.5 Å². The van der Waals surface area contributed by atoms with Gasteiger partial charge in [0.2, 0.25) is 0 Å². The van der Waals surface area contributed by atoms with Gasteiger partial charge < -0.3 is 5.32 Å². The van der Waals surface area contributed by atoms with Gasteiger partial charge in [-0.1, -0.05) is 51.0 Å². The Kier molecular flexibility index (Phi) is 5.81. The molecule has 2 aromatic rings. The quantitative estimate of drug-likeness (QED) is 0.757. The van der Waals surface area contributed by atoms with Gasteiger partial charge in [0, 0.05) is 18.8 Å². The van der Waals surface area contributed by atoms with Gasteiger partial charge in [-0.05, 0) is 30.0 Å². The van der Waals surface area contributed by atoms with E-state index in [0.29, 0.717) is 6.04 Å². The molecular weight excluding hydrogens is 246 g/mol. The Bertz CT molecular complexity index is 473. The average Bonchev–Trinajstić information content (AvgIpc) is 3.02. The van der Waals surface area contributed by atoms with Crippen molar-refractivity contribution in [1.29, 1.82) is 0 Å². The highest BCUT2D eigenvalue weighted by molar-refractivity contribution is 5.58. The third-order valence-electron chi connectivity index (χ3n) is 3.76. The lowest BCUT2D eigenvalue weighted by atomic mass is 10.1.